The van der Waals surface area contributed by atoms with Crippen molar-refractivity contribution in [1.29, 1.82) is 0 Å². The Morgan fingerprint density at radius 2 is 1.37 bits per heavy atom. The first-order valence-electron chi connectivity index (χ1n) is 5.17. The van der Waals surface area contributed by atoms with Gasteiger partial charge in [0, 0.05) is 0 Å². The van der Waals surface area contributed by atoms with Gasteiger partial charge in [-0.1, -0.05) is 17.7 Å². The lowest BCUT2D eigenvalue weighted by Gasteiger charge is -2.11. The Morgan fingerprint density at radius 3 is 1.95 bits per heavy atom. The van der Waals surface area contributed by atoms with Gasteiger partial charge in [0.25, 0.3) is 0 Å². The van der Waals surface area contributed by atoms with Gasteiger partial charge in [0.15, 0.2) is 11.6 Å². The van der Waals surface area contributed by atoms with Crippen LogP contribution in [0.1, 0.15) is 5.56 Å². The van der Waals surface area contributed by atoms with Crippen molar-refractivity contribution in [2.24, 2.45) is 0 Å². The van der Waals surface area contributed by atoms with E-state index in [2.05, 4.69) is 31.9 Å². The summed E-state index contributed by atoms with van der Waals surface area (Å²) in [5, 5.41) is 0. The molecule has 2 rings (SSSR count). The average molecular weight is 396 g/mol. The first-order chi connectivity index (χ1) is 8.91. The first-order valence-corrected chi connectivity index (χ1v) is 6.76. The summed E-state index contributed by atoms with van der Waals surface area (Å²) in [5.41, 5.74) is 0.969. The molecule has 1 nitrogen and oxygen atoms in total. The summed E-state index contributed by atoms with van der Waals surface area (Å²) in [7, 11) is 0. The number of hydrogen-bond donors (Lipinski definition) is 0. The highest BCUT2D eigenvalue weighted by molar-refractivity contribution is 9.13. The maximum absolute atomic E-state index is 13.9. The van der Waals surface area contributed by atoms with Crippen LogP contribution in [0.5, 0.6) is 11.5 Å². The SMILES string of the molecule is Cc1ccc(Oc2c(F)c(F)c(Br)c(Br)c2F)cc1. The minimum absolute atomic E-state index is 0.219. The van der Waals surface area contributed by atoms with Crippen LogP contribution < -0.4 is 4.74 Å². The fraction of sp³-hybridized carbons (Fsp3) is 0.0769. The topological polar surface area (TPSA) is 9.23 Å². The van der Waals surface area contributed by atoms with Crippen molar-refractivity contribution in [2.45, 2.75) is 6.92 Å². The van der Waals surface area contributed by atoms with Gasteiger partial charge in [0.1, 0.15) is 5.75 Å². The maximum Gasteiger partial charge on any atom is 0.205 e. The van der Waals surface area contributed by atoms with Crippen molar-refractivity contribution < 1.29 is 17.9 Å². The Balaban J connectivity index is 2.48. The summed E-state index contributed by atoms with van der Waals surface area (Å²) in [6.45, 7) is 1.86. The molecule has 0 saturated heterocycles. The first kappa shape index (κ1) is 14.4. The zero-order chi connectivity index (χ0) is 14.2. The Kier molecular flexibility index (Phi) is 4.20. The highest BCUT2D eigenvalue weighted by Crippen LogP contribution is 2.39. The van der Waals surface area contributed by atoms with Gasteiger partial charge in [-0.05, 0) is 50.9 Å². The van der Waals surface area contributed by atoms with Crippen LogP contribution in [0.15, 0.2) is 33.2 Å². The summed E-state index contributed by atoms with van der Waals surface area (Å²) in [5.74, 6) is -4.16. The van der Waals surface area contributed by atoms with E-state index in [-0.39, 0.29) is 14.7 Å². The predicted octanol–water partition coefficient (Wildman–Crippen LogP) is 5.73. The normalized spacial score (nSPS) is 10.6. The van der Waals surface area contributed by atoms with E-state index in [4.69, 9.17) is 4.74 Å². The minimum Gasteiger partial charge on any atom is -0.451 e. The van der Waals surface area contributed by atoms with Gasteiger partial charge < -0.3 is 4.74 Å². The van der Waals surface area contributed by atoms with Gasteiger partial charge in [0.05, 0.1) is 8.95 Å². The fourth-order valence-corrected chi connectivity index (χ4v) is 2.10. The van der Waals surface area contributed by atoms with Gasteiger partial charge in [-0.3, -0.25) is 0 Å². The predicted molar refractivity (Wildman–Crippen MR) is 73.0 cm³/mol. The van der Waals surface area contributed by atoms with Crippen LogP contribution in [-0.4, -0.2) is 0 Å². The lowest BCUT2D eigenvalue weighted by molar-refractivity contribution is 0.383. The fourth-order valence-electron chi connectivity index (χ4n) is 1.40. The average Bonchev–Trinajstić information content (AvgIpc) is 2.41. The van der Waals surface area contributed by atoms with Crippen LogP contribution in [0.4, 0.5) is 13.2 Å². The van der Waals surface area contributed by atoms with Crippen molar-refractivity contribution in [3.05, 3.63) is 56.2 Å². The van der Waals surface area contributed by atoms with E-state index in [0.717, 1.165) is 5.56 Å². The van der Waals surface area contributed by atoms with Gasteiger partial charge in [-0.15, -0.1) is 0 Å². The molecule has 0 aliphatic carbocycles. The van der Waals surface area contributed by atoms with Crippen LogP contribution in [0.25, 0.3) is 0 Å². The largest absolute Gasteiger partial charge is 0.451 e. The molecule has 0 amide bonds. The third kappa shape index (κ3) is 2.79. The molecule has 0 N–H and O–H groups in total. The summed E-state index contributed by atoms with van der Waals surface area (Å²) in [4.78, 5) is 0. The molecule has 0 aliphatic rings. The number of ether oxygens (including phenoxy) is 1. The highest BCUT2D eigenvalue weighted by atomic mass is 79.9. The summed E-state index contributed by atoms with van der Waals surface area (Å²) >= 11 is 5.58. The van der Waals surface area contributed by atoms with Crippen molar-refractivity contribution >= 4 is 31.9 Å². The number of halogens is 5. The van der Waals surface area contributed by atoms with E-state index in [1.807, 2.05) is 6.92 Å². The molecule has 0 aliphatic heterocycles. The second kappa shape index (κ2) is 5.54. The molecule has 6 heteroatoms. The molecule has 19 heavy (non-hydrogen) atoms. The third-order valence-electron chi connectivity index (χ3n) is 2.41. The van der Waals surface area contributed by atoms with Crippen LogP contribution in [0.2, 0.25) is 0 Å². The molecule has 0 saturated carbocycles. The van der Waals surface area contributed by atoms with E-state index in [1.165, 1.54) is 0 Å². The molecule has 0 bridgehead atoms. The summed E-state index contributed by atoms with van der Waals surface area (Å²) < 4.78 is 45.6. The van der Waals surface area contributed by atoms with Crippen LogP contribution >= 0.6 is 31.9 Å². The van der Waals surface area contributed by atoms with Gasteiger partial charge in [-0.2, -0.15) is 4.39 Å². The molecule has 0 heterocycles. The van der Waals surface area contributed by atoms with Gasteiger partial charge in [0.2, 0.25) is 11.6 Å². The third-order valence-corrected chi connectivity index (χ3v) is 4.43. The molecule has 0 radical (unpaired) electrons. The van der Waals surface area contributed by atoms with Crippen molar-refractivity contribution in [1.82, 2.24) is 0 Å². The second-order valence-electron chi connectivity index (χ2n) is 3.81. The van der Waals surface area contributed by atoms with Crippen LogP contribution in [0, 0.1) is 24.4 Å². The molecule has 2 aromatic rings. The van der Waals surface area contributed by atoms with Gasteiger partial charge >= 0.3 is 0 Å². The lowest BCUT2D eigenvalue weighted by Crippen LogP contribution is -1.99. The number of benzene rings is 2. The van der Waals surface area contributed by atoms with Crippen LogP contribution in [0.3, 0.4) is 0 Å². The van der Waals surface area contributed by atoms with E-state index >= 15 is 0 Å². The molecular weight excluding hydrogens is 389 g/mol. The monoisotopic (exact) mass is 394 g/mol. The number of rotatable bonds is 2. The van der Waals surface area contributed by atoms with Gasteiger partial charge in [-0.25, -0.2) is 8.78 Å². The van der Waals surface area contributed by atoms with Crippen molar-refractivity contribution in [2.75, 3.05) is 0 Å². The zero-order valence-corrected chi connectivity index (χ0v) is 12.8. The molecule has 0 fully saturated rings. The Bertz CT molecular complexity index is 598. The molecule has 0 unspecified atom stereocenters. The molecule has 0 atom stereocenters. The smallest absolute Gasteiger partial charge is 0.205 e. The summed E-state index contributed by atoms with van der Waals surface area (Å²) in [6.07, 6.45) is 0. The molecule has 0 aromatic heterocycles. The minimum atomic E-state index is -1.38. The standard InChI is InChI=1S/C13H7Br2F3O/c1-6-2-4-7(5-3-6)19-13-11(17)9(15)8(14)10(16)12(13)18/h2-5H,1H3. The quantitative estimate of drug-likeness (QED) is 0.466. The van der Waals surface area contributed by atoms with E-state index < -0.39 is 23.2 Å². The highest BCUT2D eigenvalue weighted by Gasteiger charge is 2.24. The van der Waals surface area contributed by atoms with E-state index in [1.54, 1.807) is 24.3 Å². The molecule has 0 spiro atoms. The number of aryl methyl sites for hydroxylation is 1. The van der Waals surface area contributed by atoms with E-state index in [9.17, 15) is 13.2 Å². The number of hydrogen-bond acceptors (Lipinski definition) is 1. The second-order valence-corrected chi connectivity index (χ2v) is 5.40. The van der Waals surface area contributed by atoms with E-state index in [0.29, 0.717) is 0 Å². The maximum atomic E-state index is 13.9. The molecule has 2 aromatic carbocycles. The Morgan fingerprint density at radius 1 is 0.842 bits per heavy atom. The summed E-state index contributed by atoms with van der Waals surface area (Å²) in [6, 6.07) is 6.52. The Hall–Kier alpha value is -1.01. The van der Waals surface area contributed by atoms with Crippen molar-refractivity contribution in [3.8, 4) is 11.5 Å². The lowest BCUT2D eigenvalue weighted by atomic mass is 10.2. The zero-order valence-electron chi connectivity index (χ0n) is 9.61. The van der Waals surface area contributed by atoms with Crippen molar-refractivity contribution in [3.63, 3.8) is 0 Å². The Labute approximate surface area is 124 Å². The molecule has 100 valence electrons. The molecular formula is C13H7Br2F3O. The van der Waals surface area contributed by atoms with Crippen LogP contribution in [-0.2, 0) is 0 Å².